The molecule has 2 N–H and O–H groups in total. The van der Waals surface area contributed by atoms with E-state index in [2.05, 4.69) is 0 Å². The number of aliphatic hydroxyl groups is 2. The van der Waals surface area contributed by atoms with Crippen LogP contribution in [-0.4, -0.2) is 53.1 Å². The third kappa shape index (κ3) is 1.60. The molecule has 0 aromatic rings. The maximum Gasteiger partial charge on any atom is 0.147 e. The largest absolute Gasteiger partial charge is 0.376 e. The van der Waals surface area contributed by atoms with Crippen molar-refractivity contribution in [3.8, 4) is 0 Å². The van der Waals surface area contributed by atoms with Gasteiger partial charge in [-0.3, -0.25) is 4.90 Å². The maximum absolute atomic E-state index is 9.64. The van der Waals surface area contributed by atoms with Crippen LogP contribution in [0.25, 0.3) is 0 Å². The summed E-state index contributed by atoms with van der Waals surface area (Å²) in [7, 11) is 1.86. The number of nitrogens with zero attached hydrogens (tertiary/aromatic N) is 2. The first-order valence-electron chi connectivity index (χ1n) is 4.11. The van der Waals surface area contributed by atoms with Gasteiger partial charge in [-0.1, -0.05) is 6.08 Å². The van der Waals surface area contributed by atoms with Crippen molar-refractivity contribution in [3.63, 3.8) is 0 Å². The van der Waals surface area contributed by atoms with Crippen LogP contribution >= 0.6 is 0 Å². The normalized spacial score (nSPS) is 29.8. The van der Waals surface area contributed by atoms with Gasteiger partial charge < -0.3 is 15.1 Å². The summed E-state index contributed by atoms with van der Waals surface area (Å²) in [4.78, 5) is 3.62. The first kappa shape index (κ1) is 9.51. The van der Waals surface area contributed by atoms with Crippen LogP contribution in [0, 0.1) is 0 Å². The number of likely N-dealkylation sites (N-methyl/N-ethyl adjacent to an activating group) is 1. The molecule has 1 atom stereocenters. The van der Waals surface area contributed by atoms with Gasteiger partial charge in [0, 0.05) is 13.1 Å². The maximum atomic E-state index is 9.64. The SMILES string of the molecule is C/C=C1/C(O)N(C)CCN1CO. The lowest BCUT2D eigenvalue weighted by Gasteiger charge is -2.39. The van der Waals surface area contributed by atoms with Gasteiger partial charge in [-0.25, -0.2) is 0 Å². The molecule has 70 valence electrons. The first-order valence-corrected chi connectivity index (χ1v) is 4.11. The summed E-state index contributed by atoms with van der Waals surface area (Å²) in [6.07, 6.45) is 1.26. The lowest BCUT2D eigenvalue weighted by atomic mass is 10.2. The predicted octanol–water partition coefficient (Wildman–Crippen LogP) is -0.594. The molecule has 1 fully saturated rings. The van der Waals surface area contributed by atoms with E-state index in [1.807, 2.05) is 24.9 Å². The molecule has 0 amide bonds. The number of allylic oxidation sites excluding steroid dienone is 1. The van der Waals surface area contributed by atoms with Gasteiger partial charge in [0.2, 0.25) is 0 Å². The summed E-state index contributed by atoms with van der Waals surface area (Å²) < 4.78 is 0. The summed E-state index contributed by atoms with van der Waals surface area (Å²) in [5.74, 6) is 0. The van der Waals surface area contributed by atoms with Crippen LogP contribution in [0.4, 0.5) is 0 Å². The number of piperazine rings is 1. The highest BCUT2D eigenvalue weighted by Gasteiger charge is 2.25. The van der Waals surface area contributed by atoms with E-state index in [0.717, 1.165) is 18.8 Å². The van der Waals surface area contributed by atoms with Crippen LogP contribution in [0.3, 0.4) is 0 Å². The summed E-state index contributed by atoms with van der Waals surface area (Å²) in [5.41, 5.74) is 0.784. The lowest BCUT2D eigenvalue weighted by molar-refractivity contribution is -0.0245. The van der Waals surface area contributed by atoms with Crippen molar-refractivity contribution in [2.45, 2.75) is 13.2 Å². The van der Waals surface area contributed by atoms with Crippen molar-refractivity contribution >= 4 is 0 Å². The highest BCUT2D eigenvalue weighted by atomic mass is 16.3. The van der Waals surface area contributed by atoms with Gasteiger partial charge in [0.05, 0.1) is 5.70 Å². The summed E-state index contributed by atoms with van der Waals surface area (Å²) in [6, 6.07) is 0. The van der Waals surface area contributed by atoms with Gasteiger partial charge in [-0.15, -0.1) is 0 Å². The monoisotopic (exact) mass is 172 g/mol. The van der Waals surface area contributed by atoms with Crippen molar-refractivity contribution < 1.29 is 10.2 Å². The third-order valence-electron chi connectivity index (χ3n) is 2.24. The second-order valence-corrected chi connectivity index (χ2v) is 2.97. The minimum Gasteiger partial charge on any atom is -0.376 e. The molecule has 0 spiro atoms. The molecule has 1 saturated heterocycles. The van der Waals surface area contributed by atoms with Gasteiger partial charge in [0.25, 0.3) is 0 Å². The molecular weight excluding hydrogens is 156 g/mol. The van der Waals surface area contributed by atoms with E-state index in [1.165, 1.54) is 0 Å². The zero-order valence-corrected chi connectivity index (χ0v) is 7.56. The van der Waals surface area contributed by atoms with Crippen molar-refractivity contribution in [1.82, 2.24) is 9.80 Å². The molecule has 4 heteroatoms. The smallest absolute Gasteiger partial charge is 0.147 e. The molecule has 1 aliphatic rings. The fourth-order valence-corrected chi connectivity index (χ4v) is 1.40. The van der Waals surface area contributed by atoms with Gasteiger partial charge in [0.1, 0.15) is 13.0 Å². The number of aliphatic hydroxyl groups excluding tert-OH is 2. The highest BCUT2D eigenvalue weighted by Crippen LogP contribution is 2.16. The Morgan fingerprint density at radius 1 is 1.58 bits per heavy atom. The molecule has 1 aliphatic heterocycles. The Balaban J connectivity index is 2.72. The van der Waals surface area contributed by atoms with E-state index in [9.17, 15) is 5.11 Å². The van der Waals surface area contributed by atoms with Gasteiger partial charge >= 0.3 is 0 Å². The molecule has 12 heavy (non-hydrogen) atoms. The Kier molecular flexibility index (Phi) is 3.08. The van der Waals surface area contributed by atoms with Crippen molar-refractivity contribution in [3.05, 3.63) is 11.8 Å². The fourth-order valence-electron chi connectivity index (χ4n) is 1.40. The van der Waals surface area contributed by atoms with Crippen LogP contribution in [0.15, 0.2) is 11.8 Å². The Morgan fingerprint density at radius 3 is 2.75 bits per heavy atom. The Labute approximate surface area is 72.7 Å². The molecule has 1 unspecified atom stereocenters. The minimum absolute atomic E-state index is 0.0232. The minimum atomic E-state index is -0.573. The average molecular weight is 172 g/mol. The molecular formula is C8H16N2O2. The van der Waals surface area contributed by atoms with E-state index in [-0.39, 0.29) is 6.73 Å². The molecule has 0 radical (unpaired) electrons. The van der Waals surface area contributed by atoms with E-state index < -0.39 is 6.23 Å². The van der Waals surface area contributed by atoms with Crippen LogP contribution in [0.1, 0.15) is 6.92 Å². The topological polar surface area (TPSA) is 46.9 Å². The molecule has 0 bridgehead atoms. The molecule has 0 saturated carbocycles. The Bertz CT molecular complexity index is 178. The summed E-state index contributed by atoms with van der Waals surface area (Å²) in [5, 5.41) is 18.6. The average Bonchev–Trinajstić information content (AvgIpc) is 2.09. The summed E-state index contributed by atoms with van der Waals surface area (Å²) in [6.45, 7) is 3.38. The van der Waals surface area contributed by atoms with E-state index >= 15 is 0 Å². The lowest BCUT2D eigenvalue weighted by Crippen LogP contribution is -2.49. The molecule has 4 nitrogen and oxygen atoms in total. The Morgan fingerprint density at radius 2 is 2.25 bits per heavy atom. The Hall–Kier alpha value is -0.580. The van der Waals surface area contributed by atoms with Gasteiger partial charge in [-0.2, -0.15) is 0 Å². The van der Waals surface area contributed by atoms with E-state index in [1.54, 1.807) is 4.90 Å². The molecule has 1 rings (SSSR count). The fraction of sp³-hybridized carbons (Fsp3) is 0.750. The van der Waals surface area contributed by atoms with Gasteiger partial charge in [0.15, 0.2) is 0 Å². The highest BCUT2D eigenvalue weighted by molar-refractivity contribution is 5.07. The van der Waals surface area contributed by atoms with Crippen molar-refractivity contribution in [2.24, 2.45) is 0 Å². The van der Waals surface area contributed by atoms with E-state index in [0.29, 0.717) is 0 Å². The van der Waals surface area contributed by atoms with E-state index in [4.69, 9.17) is 5.11 Å². The molecule has 0 aromatic carbocycles. The van der Waals surface area contributed by atoms with Crippen molar-refractivity contribution in [2.75, 3.05) is 26.9 Å². The zero-order chi connectivity index (χ0) is 9.14. The first-order chi connectivity index (χ1) is 5.70. The standard InChI is InChI=1S/C8H16N2O2/c1-3-7-8(12)9(2)4-5-10(7)6-11/h3,8,11-12H,4-6H2,1-2H3/b7-3-. The molecule has 0 aliphatic carbocycles. The second kappa shape index (κ2) is 3.89. The van der Waals surface area contributed by atoms with Crippen LogP contribution < -0.4 is 0 Å². The van der Waals surface area contributed by atoms with Gasteiger partial charge in [-0.05, 0) is 14.0 Å². The molecule has 1 heterocycles. The second-order valence-electron chi connectivity index (χ2n) is 2.97. The van der Waals surface area contributed by atoms with Crippen LogP contribution in [0.2, 0.25) is 0 Å². The van der Waals surface area contributed by atoms with Crippen molar-refractivity contribution in [1.29, 1.82) is 0 Å². The zero-order valence-electron chi connectivity index (χ0n) is 7.56. The predicted molar refractivity (Wildman–Crippen MR) is 46.2 cm³/mol. The summed E-state index contributed by atoms with van der Waals surface area (Å²) >= 11 is 0. The number of rotatable bonds is 1. The number of hydrogen-bond acceptors (Lipinski definition) is 4. The third-order valence-corrected chi connectivity index (χ3v) is 2.24. The quantitative estimate of drug-likeness (QED) is 0.555. The van der Waals surface area contributed by atoms with Crippen LogP contribution in [0.5, 0.6) is 0 Å². The van der Waals surface area contributed by atoms with Crippen LogP contribution in [-0.2, 0) is 0 Å². The number of hydrogen-bond donors (Lipinski definition) is 2. The molecule has 0 aromatic heterocycles.